The lowest BCUT2D eigenvalue weighted by molar-refractivity contribution is 0.224. The third-order valence-electron chi connectivity index (χ3n) is 3.02. The standard InChI is InChI=1S/C12H16N4OS/c1-6-18-9-10(1)7-12-14-11(15-17-12)8-16-4-2-13-3-5-16/h1,6,9,13H,2-5,7-8H2. The summed E-state index contributed by atoms with van der Waals surface area (Å²) in [7, 11) is 0. The molecule has 2 aromatic heterocycles. The Hall–Kier alpha value is -1.24. The SMILES string of the molecule is c1cc(Cc2nc(CN3CCNCC3)no2)cs1. The summed E-state index contributed by atoms with van der Waals surface area (Å²) in [6.07, 6.45) is 0.734. The molecule has 1 aliphatic rings. The Bertz CT molecular complexity index is 476. The molecule has 1 aliphatic heterocycles. The Morgan fingerprint density at radius 1 is 1.39 bits per heavy atom. The van der Waals surface area contributed by atoms with Crippen molar-refractivity contribution in [3.63, 3.8) is 0 Å². The smallest absolute Gasteiger partial charge is 0.231 e. The van der Waals surface area contributed by atoms with E-state index in [1.165, 1.54) is 5.56 Å². The molecule has 18 heavy (non-hydrogen) atoms. The zero-order chi connectivity index (χ0) is 12.2. The highest BCUT2D eigenvalue weighted by molar-refractivity contribution is 7.07. The van der Waals surface area contributed by atoms with E-state index in [1.54, 1.807) is 11.3 Å². The van der Waals surface area contributed by atoms with E-state index in [9.17, 15) is 0 Å². The van der Waals surface area contributed by atoms with Crippen LogP contribution < -0.4 is 5.32 Å². The van der Waals surface area contributed by atoms with Gasteiger partial charge in [-0.25, -0.2) is 0 Å². The van der Waals surface area contributed by atoms with Crippen molar-refractivity contribution < 1.29 is 4.52 Å². The number of rotatable bonds is 4. The second kappa shape index (κ2) is 5.60. The number of nitrogens with zero attached hydrogens (tertiary/aromatic N) is 3. The third kappa shape index (κ3) is 2.95. The van der Waals surface area contributed by atoms with Gasteiger partial charge >= 0.3 is 0 Å². The van der Waals surface area contributed by atoms with Crippen LogP contribution in [0.1, 0.15) is 17.3 Å². The highest BCUT2D eigenvalue weighted by Crippen LogP contribution is 2.12. The summed E-state index contributed by atoms with van der Waals surface area (Å²) in [5.74, 6) is 1.50. The summed E-state index contributed by atoms with van der Waals surface area (Å²) >= 11 is 1.69. The molecule has 0 bridgehead atoms. The fraction of sp³-hybridized carbons (Fsp3) is 0.500. The van der Waals surface area contributed by atoms with Crippen LogP contribution in [-0.4, -0.2) is 41.2 Å². The van der Waals surface area contributed by atoms with Gasteiger partial charge in [-0.1, -0.05) is 5.16 Å². The lowest BCUT2D eigenvalue weighted by atomic mass is 10.2. The van der Waals surface area contributed by atoms with Crippen LogP contribution in [0.4, 0.5) is 0 Å². The molecule has 1 N–H and O–H groups in total. The van der Waals surface area contributed by atoms with Crippen molar-refractivity contribution in [1.82, 2.24) is 20.4 Å². The quantitative estimate of drug-likeness (QED) is 0.897. The number of thiophene rings is 1. The minimum atomic E-state index is 0.707. The second-order valence-corrected chi connectivity index (χ2v) is 5.22. The molecule has 2 aromatic rings. The molecule has 0 saturated carbocycles. The van der Waals surface area contributed by atoms with E-state index < -0.39 is 0 Å². The van der Waals surface area contributed by atoms with Crippen molar-refractivity contribution in [2.24, 2.45) is 0 Å². The highest BCUT2D eigenvalue weighted by Gasteiger charge is 2.14. The van der Waals surface area contributed by atoms with Crippen molar-refractivity contribution in [3.05, 3.63) is 34.1 Å². The Labute approximate surface area is 110 Å². The monoisotopic (exact) mass is 264 g/mol. The average molecular weight is 264 g/mol. The minimum absolute atomic E-state index is 0.707. The Morgan fingerprint density at radius 3 is 3.06 bits per heavy atom. The normalized spacial score (nSPS) is 17.1. The van der Waals surface area contributed by atoms with Gasteiger partial charge < -0.3 is 9.84 Å². The predicted octanol–water partition coefficient (Wildman–Crippen LogP) is 1.13. The fourth-order valence-electron chi connectivity index (χ4n) is 2.06. The topological polar surface area (TPSA) is 54.2 Å². The first-order chi connectivity index (χ1) is 8.90. The second-order valence-electron chi connectivity index (χ2n) is 4.44. The van der Waals surface area contributed by atoms with E-state index >= 15 is 0 Å². The van der Waals surface area contributed by atoms with Crippen LogP contribution in [0.15, 0.2) is 21.3 Å². The number of hydrogen-bond donors (Lipinski definition) is 1. The molecule has 0 unspecified atom stereocenters. The molecule has 0 amide bonds. The van der Waals surface area contributed by atoms with Crippen LogP contribution in [0.2, 0.25) is 0 Å². The molecule has 1 fully saturated rings. The Balaban J connectivity index is 1.59. The Kier molecular flexibility index (Phi) is 3.68. The van der Waals surface area contributed by atoms with E-state index in [0.717, 1.165) is 45.0 Å². The van der Waals surface area contributed by atoms with Crippen molar-refractivity contribution in [2.75, 3.05) is 26.2 Å². The number of piperazine rings is 1. The average Bonchev–Trinajstić information content (AvgIpc) is 3.03. The van der Waals surface area contributed by atoms with Crippen LogP contribution in [0.3, 0.4) is 0 Å². The van der Waals surface area contributed by atoms with Gasteiger partial charge in [0, 0.05) is 26.2 Å². The van der Waals surface area contributed by atoms with Crippen molar-refractivity contribution >= 4 is 11.3 Å². The summed E-state index contributed by atoms with van der Waals surface area (Å²) < 4.78 is 5.28. The van der Waals surface area contributed by atoms with Crippen molar-refractivity contribution in [3.8, 4) is 0 Å². The van der Waals surface area contributed by atoms with Crippen LogP contribution in [0.5, 0.6) is 0 Å². The van der Waals surface area contributed by atoms with Crippen LogP contribution in [-0.2, 0) is 13.0 Å². The van der Waals surface area contributed by atoms with Gasteiger partial charge in [-0.2, -0.15) is 16.3 Å². The molecule has 96 valence electrons. The maximum Gasteiger partial charge on any atom is 0.231 e. The first-order valence-corrected chi connectivity index (χ1v) is 7.10. The zero-order valence-corrected chi connectivity index (χ0v) is 10.9. The summed E-state index contributed by atoms with van der Waals surface area (Å²) in [5.41, 5.74) is 1.23. The molecular formula is C12H16N4OS. The largest absolute Gasteiger partial charge is 0.339 e. The lowest BCUT2D eigenvalue weighted by Gasteiger charge is -2.25. The third-order valence-corrected chi connectivity index (χ3v) is 3.75. The molecule has 0 atom stereocenters. The molecule has 6 heteroatoms. The molecule has 3 heterocycles. The summed E-state index contributed by atoms with van der Waals surface area (Å²) in [5, 5.41) is 11.6. The van der Waals surface area contributed by atoms with Gasteiger partial charge in [0.2, 0.25) is 5.89 Å². The number of hydrogen-bond acceptors (Lipinski definition) is 6. The molecule has 3 rings (SSSR count). The van der Waals surface area contributed by atoms with E-state index in [4.69, 9.17) is 4.52 Å². The molecule has 0 aliphatic carbocycles. The first-order valence-electron chi connectivity index (χ1n) is 6.16. The fourth-order valence-corrected chi connectivity index (χ4v) is 2.73. The van der Waals surface area contributed by atoms with Crippen molar-refractivity contribution in [1.29, 1.82) is 0 Å². The summed E-state index contributed by atoms with van der Waals surface area (Å²) in [6, 6.07) is 2.09. The number of aromatic nitrogens is 2. The first kappa shape index (κ1) is 11.8. The van der Waals surface area contributed by atoms with E-state index in [1.807, 2.05) is 0 Å². The maximum absolute atomic E-state index is 5.28. The minimum Gasteiger partial charge on any atom is -0.339 e. The van der Waals surface area contributed by atoms with Gasteiger partial charge in [-0.3, -0.25) is 4.90 Å². The molecule has 0 spiro atoms. The van der Waals surface area contributed by atoms with Crippen molar-refractivity contribution in [2.45, 2.75) is 13.0 Å². The van der Waals surface area contributed by atoms with E-state index in [-0.39, 0.29) is 0 Å². The van der Waals surface area contributed by atoms with E-state index in [2.05, 4.69) is 37.2 Å². The predicted molar refractivity (Wildman–Crippen MR) is 69.6 cm³/mol. The molecule has 0 radical (unpaired) electrons. The Morgan fingerprint density at radius 2 is 2.28 bits per heavy atom. The summed E-state index contributed by atoms with van der Waals surface area (Å²) in [6.45, 7) is 4.97. The molecule has 5 nitrogen and oxygen atoms in total. The zero-order valence-electron chi connectivity index (χ0n) is 10.1. The van der Waals surface area contributed by atoms with E-state index in [0.29, 0.717) is 5.89 Å². The van der Waals surface area contributed by atoms with Crippen LogP contribution in [0.25, 0.3) is 0 Å². The molecule has 1 saturated heterocycles. The van der Waals surface area contributed by atoms with Gasteiger partial charge in [-0.05, 0) is 22.4 Å². The molecule has 0 aromatic carbocycles. The lowest BCUT2D eigenvalue weighted by Crippen LogP contribution is -2.43. The highest BCUT2D eigenvalue weighted by atomic mass is 32.1. The van der Waals surface area contributed by atoms with Gasteiger partial charge in [0.15, 0.2) is 5.82 Å². The van der Waals surface area contributed by atoms with Gasteiger partial charge in [0.25, 0.3) is 0 Å². The van der Waals surface area contributed by atoms with Gasteiger partial charge in [0.1, 0.15) is 0 Å². The van der Waals surface area contributed by atoms with Crippen LogP contribution >= 0.6 is 11.3 Å². The summed E-state index contributed by atoms with van der Waals surface area (Å²) in [4.78, 5) is 6.79. The number of nitrogens with one attached hydrogen (secondary N) is 1. The molecular weight excluding hydrogens is 248 g/mol. The van der Waals surface area contributed by atoms with Gasteiger partial charge in [0.05, 0.1) is 13.0 Å². The van der Waals surface area contributed by atoms with Crippen LogP contribution in [0, 0.1) is 0 Å². The maximum atomic E-state index is 5.28. The van der Waals surface area contributed by atoms with Gasteiger partial charge in [-0.15, -0.1) is 0 Å².